The summed E-state index contributed by atoms with van der Waals surface area (Å²) in [4.78, 5) is 25.2. The van der Waals surface area contributed by atoms with Crippen molar-refractivity contribution in [2.75, 3.05) is 13.7 Å². The predicted molar refractivity (Wildman–Crippen MR) is 89.2 cm³/mol. The van der Waals surface area contributed by atoms with E-state index in [9.17, 15) is 9.59 Å². The van der Waals surface area contributed by atoms with Crippen LogP contribution in [0.3, 0.4) is 0 Å². The summed E-state index contributed by atoms with van der Waals surface area (Å²) in [5, 5.41) is 3.05. The lowest BCUT2D eigenvalue weighted by atomic mass is 10.2. The van der Waals surface area contributed by atoms with Crippen LogP contribution in [-0.4, -0.2) is 25.5 Å². The number of ether oxygens (including phenoxy) is 2. The van der Waals surface area contributed by atoms with Gasteiger partial charge in [-0.3, -0.25) is 9.59 Å². The van der Waals surface area contributed by atoms with Crippen molar-refractivity contribution in [3.05, 3.63) is 50.7 Å². The molecule has 1 heterocycles. The summed E-state index contributed by atoms with van der Waals surface area (Å²) in [6.07, 6.45) is 0. The number of carbonyl (C=O) groups is 2. The number of amides is 1. The molecule has 1 aromatic carbocycles. The van der Waals surface area contributed by atoms with Gasteiger partial charge in [0.2, 0.25) is 0 Å². The molecule has 0 atom stereocenters. The third kappa shape index (κ3) is 4.97. The quantitative estimate of drug-likeness (QED) is 0.810. The van der Waals surface area contributed by atoms with Crippen molar-refractivity contribution >= 4 is 34.8 Å². The topological polar surface area (TPSA) is 64.6 Å². The molecule has 1 aromatic heterocycles. The standard InChI is InChI=1S/C16H16ClNO4S/c1-10-3-6-14(23-10)16(20)18-8-15(19)22-9-11-7-12(17)4-5-13(11)21-2/h3-7H,8-9H2,1-2H3,(H,18,20). The molecule has 0 bridgehead atoms. The zero-order valence-corrected chi connectivity index (χ0v) is 14.3. The Morgan fingerprint density at radius 2 is 2.04 bits per heavy atom. The molecular formula is C16H16ClNO4S. The van der Waals surface area contributed by atoms with Crippen molar-refractivity contribution < 1.29 is 19.1 Å². The highest BCUT2D eigenvalue weighted by Crippen LogP contribution is 2.23. The number of rotatable bonds is 6. The third-order valence-corrected chi connectivity index (χ3v) is 4.22. The van der Waals surface area contributed by atoms with Crippen LogP contribution in [0.25, 0.3) is 0 Å². The third-order valence-electron chi connectivity index (χ3n) is 2.99. The monoisotopic (exact) mass is 353 g/mol. The first-order valence-electron chi connectivity index (χ1n) is 6.82. The maximum absolute atomic E-state index is 11.8. The average Bonchev–Trinajstić information content (AvgIpc) is 2.97. The van der Waals surface area contributed by atoms with Crippen LogP contribution >= 0.6 is 22.9 Å². The molecule has 0 fully saturated rings. The molecule has 2 rings (SSSR count). The number of halogens is 1. The molecule has 2 aromatic rings. The summed E-state index contributed by atoms with van der Waals surface area (Å²) in [7, 11) is 1.53. The van der Waals surface area contributed by atoms with E-state index >= 15 is 0 Å². The molecule has 0 saturated heterocycles. The van der Waals surface area contributed by atoms with Crippen LogP contribution in [0.15, 0.2) is 30.3 Å². The second kappa shape index (κ2) is 7.99. The molecule has 0 radical (unpaired) electrons. The van der Waals surface area contributed by atoms with Crippen LogP contribution in [-0.2, 0) is 16.1 Å². The molecule has 122 valence electrons. The SMILES string of the molecule is COc1ccc(Cl)cc1COC(=O)CNC(=O)c1ccc(C)s1. The minimum atomic E-state index is -0.534. The Morgan fingerprint density at radius 1 is 1.26 bits per heavy atom. The van der Waals surface area contributed by atoms with Crippen molar-refractivity contribution in [2.45, 2.75) is 13.5 Å². The minimum Gasteiger partial charge on any atom is -0.496 e. The average molecular weight is 354 g/mol. The fourth-order valence-electron chi connectivity index (χ4n) is 1.87. The van der Waals surface area contributed by atoms with E-state index in [2.05, 4.69) is 5.32 Å². The van der Waals surface area contributed by atoms with E-state index < -0.39 is 5.97 Å². The van der Waals surface area contributed by atoms with E-state index in [-0.39, 0.29) is 19.1 Å². The van der Waals surface area contributed by atoms with Crippen LogP contribution < -0.4 is 10.1 Å². The lowest BCUT2D eigenvalue weighted by Gasteiger charge is -2.10. The number of hydrogen-bond acceptors (Lipinski definition) is 5. The van der Waals surface area contributed by atoms with Gasteiger partial charge >= 0.3 is 5.97 Å². The van der Waals surface area contributed by atoms with Crippen LogP contribution in [0.2, 0.25) is 5.02 Å². The number of esters is 1. The predicted octanol–water partition coefficient (Wildman–Crippen LogP) is 3.19. The molecule has 0 saturated carbocycles. The maximum atomic E-state index is 11.8. The number of benzene rings is 1. The second-order valence-electron chi connectivity index (χ2n) is 4.71. The number of thiophene rings is 1. The highest BCUT2D eigenvalue weighted by Gasteiger charge is 2.12. The molecule has 0 unspecified atom stereocenters. The van der Waals surface area contributed by atoms with Gasteiger partial charge in [0.1, 0.15) is 18.9 Å². The Hall–Kier alpha value is -2.05. The molecule has 0 aliphatic carbocycles. The molecule has 7 heteroatoms. The van der Waals surface area contributed by atoms with Crippen LogP contribution in [0.1, 0.15) is 20.1 Å². The molecule has 23 heavy (non-hydrogen) atoms. The van der Waals surface area contributed by atoms with Crippen molar-refractivity contribution in [3.63, 3.8) is 0 Å². The van der Waals surface area contributed by atoms with Gasteiger partial charge in [-0.25, -0.2) is 0 Å². The zero-order valence-electron chi connectivity index (χ0n) is 12.7. The Balaban J connectivity index is 1.83. The van der Waals surface area contributed by atoms with Crippen molar-refractivity contribution in [1.82, 2.24) is 5.32 Å². The van der Waals surface area contributed by atoms with Gasteiger partial charge in [-0.1, -0.05) is 11.6 Å². The lowest BCUT2D eigenvalue weighted by molar-refractivity contribution is -0.143. The van der Waals surface area contributed by atoms with E-state index in [0.717, 1.165) is 4.88 Å². The van der Waals surface area contributed by atoms with Crippen LogP contribution in [0, 0.1) is 6.92 Å². The second-order valence-corrected chi connectivity index (χ2v) is 6.43. The van der Waals surface area contributed by atoms with Gasteiger partial charge in [-0.2, -0.15) is 0 Å². The first-order chi connectivity index (χ1) is 11.0. The van der Waals surface area contributed by atoms with Crippen molar-refractivity contribution in [2.24, 2.45) is 0 Å². The van der Waals surface area contributed by atoms with E-state index in [1.807, 2.05) is 13.0 Å². The Bertz CT molecular complexity index is 714. The Labute approximate surface area is 143 Å². The number of nitrogens with one attached hydrogen (secondary N) is 1. The molecule has 0 aliphatic heterocycles. The summed E-state index contributed by atoms with van der Waals surface area (Å²) in [5.74, 6) is -0.241. The largest absolute Gasteiger partial charge is 0.496 e. The highest BCUT2D eigenvalue weighted by atomic mass is 35.5. The number of methoxy groups -OCH3 is 1. The van der Waals surface area contributed by atoms with E-state index in [1.54, 1.807) is 24.3 Å². The van der Waals surface area contributed by atoms with Gasteiger partial charge in [0.05, 0.1) is 12.0 Å². The van der Waals surface area contributed by atoms with Gasteiger partial charge < -0.3 is 14.8 Å². The fourth-order valence-corrected chi connectivity index (χ4v) is 2.84. The summed E-state index contributed by atoms with van der Waals surface area (Å²) in [5.41, 5.74) is 0.661. The maximum Gasteiger partial charge on any atom is 0.325 e. The molecule has 0 aliphatic rings. The Morgan fingerprint density at radius 3 is 2.70 bits per heavy atom. The normalized spacial score (nSPS) is 10.2. The summed E-state index contributed by atoms with van der Waals surface area (Å²) in [6, 6.07) is 8.63. The first kappa shape index (κ1) is 17.3. The smallest absolute Gasteiger partial charge is 0.325 e. The number of hydrogen-bond donors (Lipinski definition) is 1. The van der Waals surface area contributed by atoms with Crippen LogP contribution in [0.5, 0.6) is 5.75 Å². The van der Waals surface area contributed by atoms with Gasteiger partial charge in [-0.15, -0.1) is 11.3 Å². The van der Waals surface area contributed by atoms with E-state index in [0.29, 0.717) is 21.2 Å². The van der Waals surface area contributed by atoms with Gasteiger partial charge in [0.15, 0.2) is 0 Å². The van der Waals surface area contributed by atoms with Gasteiger partial charge in [-0.05, 0) is 37.3 Å². The Kier molecular flexibility index (Phi) is 6.01. The van der Waals surface area contributed by atoms with Gasteiger partial charge in [0, 0.05) is 15.5 Å². The summed E-state index contributed by atoms with van der Waals surface area (Å²) >= 11 is 7.28. The minimum absolute atomic E-state index is 0.0244. The summed E-state index contributed by atoms with van der Waals surface area (Å²) < 4.78 is 10.3. The first-order valence-corrected chi connectivity index (χ1v) is 8.01. The molecule has 0 spiro atoms. The molecule has 1 N–H and O–H groups in total. The fraction of sp³-hybridized carbons (Fsp3) is 0.250. The zero-order chi connectivity index (χ0) is 16.8. The lowest BCUT2D eigenvalue weighted by Crippen LogP contribution is -2.30. The molecule has 5 nitrogen and oxygen atoms in total. The molecular weight excluding hydrogens is 338 g/mol. The number of aryl methyl sites for hydroxylation is 1. The summed E-state index contributed by atoms with van der Waals surface area (Å²) in [6.45, 7) is 1.74. The van der Waals surface area contributed by atoms with Gasteiger partial charge in [0.25, 0.3) is 5.91 Å². The van der Waals surface area contributed by atoms with E-state index in [4.69, 9.17) is 21.1 Å². The van der Waals surface area contributed by atoms with Crippen LogP contribution in [0.4, 0.5) is 0 Å². The number of carbonyl (C=O) groups excluding carboxylic acids is 2. The molecule has 1 amide bonds. The highest BCUT2D eigenvalue weighted by molar-refractivity contribution is 7.13. The van der Waals surface area contributed by atoms with E-state index in [1.165, 1.54) is 18.4 Å². The van der Waals surface area contributed by atoms with Crippen molar-refractivity contribution in [1.29, 1.82) is 0 Å². The van der Waals surface area contributed by atoms with Crippen molar-refractivity contribution in [3.8, 4) is 5.75 Å².